The predicted octanol–water partition coefficient (Wildman–Crippen LogP) is 4.11. The Morgan fingerprint density at radius 3 is 2.56 bits per heavy atom. The molecule has 1 N–H and O–H groups in total. The molecule has 0 spiro atoms. The summed E-state index contributed by atoms with van der Waals surface area (Å²) in [6, 6.07) is 21.6. The molecule has 170 valence electrons. The van der Waals surface area contributed by atoms with Gasteiger partial charge in [-0.05, 0) is 71.0 Å². The van der Waals surface area contributed by atoms with Crippen molar-refractivity contribution >= 4 is 29.3 Å². The van der Waals surface area contributed by atoms with Gasteiger partial charge in [-0.3, -0.25) is 4.79 Å². The minimum atomic E-state index is -0.709. The van der Waals surface area contributed by atoms with Crippen molar-refractivity contribution in [3.63, 3.8) is 0 Å². The van der Waals surface area contributed by atoms with Crippen LogP contribution < -0.4 is 5.32 Å². The third-order valence-corrected chi connectivity index (χ3v) is 4.81. The van der Waals surface area contributed by atoms with Crippen LogP contribution in [0.4, 0.5) is 10.1 Å². The van der Waals surface area contributed by atoms with Gasteiger partial charge in [-0.1, -0.05) is 42.5 Å². The lowest BCUT2D eigenvalue weighted by atomic mass is 10.1. The number of hydrogen-bond donors (Lipinski definition) is 1. The number of carbonyl (C=O) groups is 2. The molecule has 34 heavy (non-hydrogen) atoms. The Labute approximate surface area is 194 Å². The third-order valence-electron chi connectivity index (χ3n) is 4.81. The van der Waals surface area contributed by atoms with Crippen molar-refractivity contribution in [3.05, 3.63) is 107 Å². The largest absolute Gasteiger partial charge is 0.456 e. The average Bonchev–Trinajstić information content (AvgIpc) is 3.27. The molecule has 0 aliphatic rings. The summed E-state index contributed by atoms with van der Waals surface area (Å²) in [6.07, 6.45) is 1.44. The molecule has 0 fully saturated rings. The Balaban J connectivity index is 1.50. The quantitative estimate of drug-likeness (QED) is 0.331. The number of benzene rings is 3. The van der Waals surface area contributed by atoms with Crippen LogP contribution >= 0.6 is 0 Å². The molecule has 0 atom stereocenters. The van der Waals surface area contributed by atoms with Crippen LogP contribution in [0.2, 0.25) is 0 Å². The lowest BCUT2D eigenvalue weighted by Gasteiger charge is -2.10. The van der Waals surface area contributed by atoms with E-state index in [9.17, 15) is 14.0 Å². The molecule has 0 aliphatic carbocycles. The van der Waals surface area contributed by atoms with Crippen LogP contribution in [0.1, 0.15) is 27.3 Å². The number of anilines is 1. The van der Waals surface area contributed by atoms with E-state index in [0.29, 0.717) is 28.2 Å². The number of para-hydroxylation sites is 1. The van der Waals surface area contributed by atoms with E-state index in [4.69, 9.17) is 4.74 Å². The van der Waals surface area contributed by atoms with Crippen molar-refractivity contribution in [1.82, 2.24) is 20.2 Å². The first-order valence-electron chi connectivity index (χ1n) is 10.3. The van der Waals surface area contributed by atoms with E-state index < -0.39 is 11.8 Å². The van der Waals surface area contributed by atoms with Crippen molar-refractivity contribution < 1.29 is 18.7 Å². The van der Waals surface area contributed by atoms with Gasteiger partial charge in [0.2, 0.25) is 0 Å². The van der Waals surface area contributed by atoms with Gasteiger partial charge in [0.05, 0.1) is 0 Å². The highest BCUT2D eigenvalue weighted by atomic mass is 19.1. The Morgan fingerprint density at radius 1 is 1.03 bits per heavy atom. The third kappa shape index (κ3) is 5.57. The van der Waals surface area contributed by atoms with Crippen LogP contribution in [0, 0.1) is 12.7 Å². The molecule has 0 saturated heterocycles. The molecule has 0 saturated carbocycles. The van der Waals surface area contributed by atoms with Crippen LogP contribution in [0.25, 0.3) is 11.8 Å². The Bertz CT molecular complexity index is 1350. The zero-order valence-corrected chi connectivity index (χ0v) is 18.2. The van der Waals surface area contributed by atoms with E-state index in [-0.39, 0.29) is 18.2 Å². The van der Waals surface area contributed by atoms with Gasteiger partial charge in [0.1, 0.15) is 12.4 Å². The van der Waals surface area contributed by atoms with E-state index in [1.165, 1.54) is 29.0 Å². The SMILES string of the molecule is Cc1nnnn1/C(=C\c1cccc(F)c1)C(=O)OCc1cccc(C(=O)Nc2ccccc2)c1. The average molecular weight is 457 g/mol. The number of carbonyl (C=O) groups excluding carboxylic acids is 2. The number of nitrogens with one attached hydrogen (secondary N) is 1. The number of nitrogens with zero attached hydrogens (tertiary/aromatic N) is 4. The zero-order chi connectivity index (χ0) is 23.9. The maximum Gasteiger partial charge on any atom is 0.357 e. The molecule has 3 aromatic carbocycles. The minimum absolute atomic E-state index is 0.0195. The number of rotatable bonds is 7. The van der Waals surface area contributed by atoms with Gasteiger partial charge in [0.15, 0.2) is 11.5 Å². The van der Waals surface area contributed by atoms with Gasteiger partial charge in [-0.15, -0.1) is 5.10 Å². The number of aromatic nitrogens is 4. The van der Waals surface area contributed by atoms with Gasteiger partial charge in [-0.25, -0.2) is 9.18 Å². The monoisotopic (exact) mass is 457 g/mol. The summed E-state index contributed by atoms with van der Waals surface area (Å²) >= 11 is 0. The summed E-state index contributed by atoms with van der Waals surface area (Å²) in [5.41, 5.74) is 2.18. The van der Waals surface area contributed by atoms with Crippen LogP contribution in [-0.4, -0.2) is 32.1 Å². The highest BCUT2D eigenvalue weighted by molar-refractivity contribution is 6.15. The van der Waals surface area contributed by atoms with E-state index >= 15 is 0 Å². The molecular weight excluding hydrogens is 437 g/mol. The summed E-state index contributed by atoms with van der Waals surface area (Å²) in [4.78, 5) is 25.5. The second-order valence-electron chi connectivity index (χ2n) is 7.32. The molecule has 0 radical (unpaired) electrons. The van der Waals surface area contributed by atoms with E-state index in [0.717, 1.165) is 0 Å². The van der Waals surface area contributed by atoms with Gasteiger partial charge in [-0.2, -0.15) is 4.68 Å². The van der Waals surface area contributed by atoms with Gasteiger partial charge in [0, 0.05) is 11.3 Å². The molecule has 4 rings (SSSR count). The van der Waals surface area contributed by atoms with Crippen molar-refractivity contribution in [2.45, 2.75) is 13.5 Å². The highest BCUT2D eigenvalue weighted by Crippen LogP contribution is 2.17. The molecule has 0 unspecified atom stereocenters. The summed E-state index contributed by atoms with van der Waals surface area (Å²) in [5, 5.41) is 14.0. The lowest BCUT2D eigenvalue weighted by molar-refractivity contribution is -0.138. The van der Waals surface area contributed by atoms with Crippen LogP contribution in [0.5, 0.6) is 0 Å². The summed E-state index contributed by atoms with van der Waals surface area (Å²) < 4.78 is 20.3. The van der Waals surface area contributed by atoms with Gasteiger partial charge >= 0.3 is 5.97 Å². The van der Waals surface area contributed by atoms with E-state index in [1.807, 2.05) is 18.2 Å². The molecule has 1 aromatic heterocycles. The van der Waals surface area contributed by atoms with Gasteiger partial charge in [0.25, 0.3) is 5.91 Å². The maximum atomic E-state index is 13.6. The lowest BCUT2D eigenvalue weighted by Crippen LogP contribution is -2.15. The van der Waals surface area contributed by atoms with Crippen LogP contribution in [-0.2, 0) is 16.1 Å². The first kappa shape index (κ1) is 22.5. The minimum Gasteiger partial charge on any atom is -0.456 e. The highest BCUT2D eigenvalue weighted by Gasteiger charge is 2.18. The smallest absolute Gasteiger partial charge is 0.357 e. The molecule has 0 aliphatic heterocycles. The zero-order valence-electron chi connectivity index (χ0n) is 18.2. The Kier molecular flexibility index (Phi) is 6.83. The van der Waals surface area contributed by atoms with Crippen molar-refractivity contribution in [3.8, 4) is 0 Å². The molecule has 1 heterocycles. The number of ether oxygens (including phenoxy) is 1. The molecule has 4 aromatic rings. The number of aryl methyl sites for hydroxylation is 1. The number of esters is 1. The molecule has 1 amide bonds. The number of tetrazole rings is 1. The summed E-state index contributed by atoms with van der Waals surface area (Å²) in [7, 11) is 0. The molecule has 9 heteroatoms. The van der Waals surface area contributed by atoms with Crippen molar-refractivity contribution in [1.29, 1.82) is 0 Å². The van der Waals surface area contributed by atoms with E-state index in [2.05, 4.69) is 20.8 Å². The molecular formula is C25H20FN5O3. The summed E-state index contributed by atoms with van der Waals surface area (Å²) in [6.45, 7) is 1.54. The predicted molar refractivity (Wildman–Crippen MR) is 124 cm³/mol. The molecule has 0 bridgehead atoms. The van der Waals surface area contributed by atoms with Crippen molar-refractivity contribution in [2.24, 2.45) is 0 Å². The first-order valence-corrected chi connectivity index (χ1v) is 10.3. The second kappa shape index (κ2) is 10.3. The fourth-order valence-corrected chi connectivity index (χ4v) is 3.17. The second-order valence-corrected chi connectivity index (χ2v) is 7.32. The number of halogens is 1. The van der Waals surface area contributed by atoms with Gasteiger partial charge < -0.3 is 10.1 Å². The standard InChI is InChI=1S/C25H20FN5O3/c1-17-28-29-30-31(17)23(15-18-7-6-10-21(26)14-18)25(33)34-16-19-8-5-9-20(13-19)24(32)27-22-11-3-2-4-12-22/h2-15H,16H2,1H3,(H,27,32)/b23-15-. The summed E-state index contributed by atoms with van der Waals surface area (Å²) in [5.74, 6) is -1.08. The topological polar surface area (TPSA) is 99.0 Å². The normalized spacial score (nSPS) is 11.2. The Hall–Kier alpha value is -4.66. The van der Waals surface area contributed by atoms with Crippen LogP contribution in [0.15, 0.2) is 78.9 Å². The molecule has 8 nitrogen and oxygen atoms in total. The fourth-order valence-electron chi connectivity index (χ4n) is 3.17. The number of hydrogen-bond acceptors (Lipinski definition) is 6. The van der Waals surface area contributed by atoms with E-state index in [1.54, 1.807) is 49.4 Å². The maximum absolute atomic E-state index is 13.6. The first-order chi connectivity index (χ1) is 16.5. The Morgan fingerprint density at radius 2 is 1.82 bits per heavy atom. The van der Waals surface area contributed by atoms with Crippen molar-refractivity contribution in [2.75, 3.05) is 5.32 Å². The fraction of sp³-hybridized carbons (Fsp3) is 0.0800. The van der Waals surface area contributed by atoms with Crippen LogP contribution in [0.3, 0.4) is 0 Å². The number of amides is 1.